The topological polar surface area (TPSA) is 86.7 Å². The van der Waals surface area contributed by atoms with Gasteiger partial charge in [-0.1, -0.05) is 29.8 Å². The van der Waals surface area contributed by atoms with Gasteiger partial charge in [-0.2, -0.15) is 0 Å². The van der Waals surface area contributed by atoms with Crippen LogP contribution in [0.1, 0.15) is 66.9 Å². The Bertz CT molecular complexity index is 1560. The lowest BCUT2D eigenvalue weighted by atomic mass is 9.62. The van der Waals surface area contributed by atoms with E-state index in [9.17, 15) is 22.7 Å². The Morgan fingerprint density at radius 2 is 1.73 bits per heavy atom. The van der Waals surface area contributed by atoms with Crippen LogP contribution in [0.5, 0.6) is 0 Å². The Balaban J connectivity index is 1.42. The molecule has 2 fully saturated rings. The number of sulfonamides is 1. The number of fused-ring (bicyclic) bond motifs is 2. The summed E-state index contributed by atoms with van der Waals surface area (Å²) in [5.74, 6) is -0.607. The fourth-order valence-corrected chi connectivity index (χ4v) is 8.58. The van der Waals surface area contributed by atoms with Crippen LogP contribution in [0.2, 0.25) is 5.02 Å². The summed E-state index contributed by atoms with van der Waals surface area (Å²) >= 11 is 6.27. The predicted molar refractivity (Wildman–Crippen MR) is 152 cm³/mol. The van der Waals surface area contributed by atoms with Gasteiger partial charge < -0.3 is 10.4 Å². The van der Waals surface area contributed by atoms with Crippen molar-refractivity contribution in [1.82, 2.24) is 5.32 Å². The maximum Gasteiger partial charge on any atom is 0.264 e. The van der Waals surface area contributed by atoms with Crippen molar-refractivity contribution in [1.29, 1.82) is 0 Å². The first kappa shape index (κ1) is 27.2. The number of anilines is 1. The molecule has 1 unspecified atom stereocenters. The lowest BCUT2D eigenvalue weighted by molar-refractivity contribution is -0.00384. The van der Waals surface area contributed by atoms with E-state index in [2.05, 4.69) is 5.32 Å². The van der Waals surface area contributed by atoms with E-state index in [1.807, 2.05) is 31.2 Å². The molecule has 0 radical (unpaired) electrons. The average molecular weight is 583 g/mol. The summed E-state index contributed by atoms with van der Waals surface area (Å²) in [6, 6.07) is 17.2. The Morgan fingerprint density at radius 3 is 2.38 bits per heavy atom. The molecular weight excluding hydrogens is 551 g/mol. The highest BCUT2D eigenvalue weighted by Crippen LogP contribution is 2.61. The van der Waals surface area contributed by atoms with Crippen LogP contribution >= 0.6 is 11.6 Å². The fourth-order valence-electron chi connectivity index (χ4n) is 6.57. The zero-order valence-corrected chi connectivity index (χ0v) is 23.8. The zero-order valence-electron chi connectivity index (χ0n) is 22.2. The second-order valence-corrected chi connectivity index (χ2v) is 13.9. The van der Waals surface area contributed by atoms with Gasteiger partial charge in [0, 0.05) is 22.5 Å². The van der Waals surface area contributed by atoms with E-state index in [0.29, 0.717) is 42.0 Å². The molecule has 2 aliphatic carbocycles. The highest BCUT2D eigenvalue weighted by atomic mass is 35.5. The number of hydrogen-bond donors (Lipinski definition) is 2. The van der Waals surface area contributed by atoms with Gasteiger partial charge in [0.2, 0.25) is 0 Å². The second kappa shape index (κ2) is 9.86. The molecule has 2 saturated carbocycles. The number of nitrogens with zero attached hydrogens (tertiary/aromatic N) is 1. The summed E-state index contributed by atoms with van der Waals surface area (Å²) in [7, 11) is -4.02. The molecule has 3 aromatic rings. The maximum atomic E-state index is 14.2. The van der Waals surface area contributed by atoms with Crippen molar-refractivity contribution < 1.29 is 22.7 Å². The Labute approximate surface area is 239 Å². The van der Waals surface area contributed by atoms with Gasteiger partial charge in [-0.25, -0.2) is 12.8 Å². The van der Waals surface area contributed by atoms with Crippen LogP contribution in [0.15, 0.2) is 71.6 Å². The monoisotopic (exact) mass is 582 g/mol. The molecular formula is C31H32ClFN2O4S. The molecule has 0 aromatic heterocycles. The average Bonchev–Trinajstić information content (AvgIpc) is 3.73. The van der Waals surface area contributed by atoms with Crippen molar-refractivity contribution in [2.45, 2.75) is 73.9 Å². The van der Waals surface area contributed by atoms with Crippen LogP contribution in [0.3, 0.4) is 0 Å². The third-order valence-corrected chi connectivity index (χ3v) is 11.1. The maximum absolute atomic E-state index is 14.2. The lowest BCUT2D eigenvalue weighted by Crippen LogP contribution is -2.52. The van der Waals surface area contributed by atoms with Crippen molar-refractivity contribution in [3.63, 3.8) is 0 Å². The first-order chi connectivity index (χ1) is 19.0. The molecule has 1 spiro atoms. The molecule has 1 amide bonds. The van der Waals surface area contributed by atoms with E-state index in [4.69, 9.17) is 11.6 Å². The minimum atomic E-state index is -4.02. The third kappa shape index (κ3) is 4.70. The second-order valence-electron chi connectivity index (χ2n) is 11.7. The van der Waals surface area contributed by atoms with Crippen LogP contribution < -0.4 is 9.62 Å². The Hall–Kier alpha value is -2.94. The van der Waals surface area contributed by atoms with E-state index in [1.54, 1.807) is 22.5 Å². The quantitative estimate of drug-likeness (QED) is 0.375. The minimum absolute atomic E-state index is 0.0342. The first-order valence-corrected chi connectivity index (χ1v) is 15.5. The molecule has 3 aliphatic rings. The summed E-state index contributed by atoms with van der Waals surface area (Å²) in [6.07, 6.45) is 4.10. The van der Waals surface area contributed by atoms with Gasteiger partial charge in [0.05, 0.1) is 22.2 Å². The summed E-state index contributed by atoms with van der Waals surface area (Å²) in [4.78, 5) is 13.3. The molecule has 1 aliphatic heterocycles. The molecule has 0 bridgehead atoms. The standard InChI is InChI=1S/C31H32ClFN2O4S/c1-30(37)14-16-31(17-15-30)25-18-21(29(36)34-19-22-4-2-3-5-26(22)32)8-13-27(25)35(28(31)20-6-7-20)40(38,39)24-11-9-23(33)10-12-24/h2-5,8-13,18,20,28,37H,6-7,14-17,19H2,1H3,(H,34,36). The van der Waals surface area contributed by atoms with Crippen molar-refractivity contribution in [3.8, 4) is 0 Å². The summed E-state index contributed by atoms with van der Waals surface area (Å²) < 4.78 is 43.6. The van der Waals surface area contributed by atoms with E-state index in [0.717, 1.165) is 36.1 Å². The van der Waals surface area contributed by atoms with E-state index in [1.165, 1.54) is 12.1 Å². The molecule has 2 N–H and O–H groups in total. The lowest BCUT2D eigenvalue weighted by Gasteiger charge is -2.46. The molecule has 1 heterocycles. The van der Waals surface area contributed by atoms with Gasteiger partial charge in [0.15, 0.2) is 0 Å². The SMILES string of the molecule is CC1(O)CCC2(CC1)c1cc(C(=O)NCc3ccccc3Cl)ccc1N(S(=O)(=O)c1ccc(F)cc1)C2C1CC1. The number of carbonyl (C=O) groups excluding carboxylic acids is 1. The fraction of sp³-hybridized carbons (Fsp3) is 0.387. The Kier molecular flexibility index (Phi) is 6.71. The number of amides is 1. The van der Waals surface area contributed by atoms with Gasteiger partial charge in [-0.05, 0) is 111 Å². The number of aliphatic hydroxyl groups is 1. The van der Waals surface area contributed by atoms with Crippen LogP contribution in [-0.4, -0.2) is 31.1 Å². The third-order valence-electron chi connectivity index (χ3n) is 8.91. The molecule has 6 nitrogen and oxygen atoms in total. The van der Waals surface area contributed by atoms with E-state index < -0.39 is 26.9 Å². The summed E-state index contributed by atoms with van der Waals surface area (Å²) in [6.45, 7) is 2.09. The van der Waals surface area contributed by atoms with Crippen LogP contribution in [0, 0.1) is 11.7 Å². The number of halogens is 2. The molecule has 40 heavy (non-hydrogen) atoms. The number of nitrogens with one attached hydrogen (secondary N) is 1. The molecule has 210 valence electrons. The predicted octanol–water partition coefficient (Wildman–Crippen LogP) is 5.96. The van der Waals surface area contributed by atoms with Crippen molar-refractivity contribution >= 4 is 33.2 Å². The largest absolute Gasteiger partial charge is 0.390 e. The van der Waals surface area contributed by atoms with Crippen molar-refractivity contribution in [2.24, 2.45) is 5.92 Å². The van der Waals surface area contributed by atoms with Gasteiger partial charge >= 0.3 is 0 Å². The molecule has 0 saturated heterocycles. The number of benzene rings is 3. The zero-order chi connectivity index (χ0) is 28.3. The first-order valence-electron chi connectivity index (χ1n) is 13.7. The molecule has 6 rings (SSSR count). The van der Waals surface area contributed by atoms with Crippen LogP contribution in [0.25, 0.3) is 0 Å². The number of rotatable bonds is 6. The molecule has 9 heteroatoms. The highest BCUT2D eigenvalue weighted by molar-refractivity contribution is 7.92. The highest BCUT2D eigenvalue weighted by Gasteiger charge is 2.60. The Morgan fingerprint density at radius 1 is 1.05 bits per heavy atom. The smallest absolute Gasteiger partial charge is 0.264 e. The molecule has 3 aromatic carbocycles. The van der Waals surface area contributed by atoms with Crippen molar-refractivity contribution in [2.75, 3.05) is 4.31 Å². The van der Waals surface area contributed by atoms with Gasteiger partial charge in [-0.3, -0.25) is 9.10 Å². The van der Waals surface area contributed by atoms with E-state index in [-0.39, 0.29) is 29.3 Å². The summed E-state index contributed by atoms with van der Waals surface area (Å²) in [5, 5.41) is 14.3. The van der Waals surface area contributed by atoms with E-state index >= 15 is 0 Å². The van der Waals surface area contributed by atoms with Crippen LogP contribution in [0.4, 0.5) is 10.1 Å². The van der Waals surface area contributed by atoms with Crippen LogP contribution in [-0.2, 0) is 22.0 Å². The minimum Gasteiger partial charge on any atom is -0.390 e. The molecule has 1 atom stereocenters. The number of hydrogen-bond acceptors (Lipinski definition) is 4. The van der Waals surface area contributed by atoms with Crippen molar-refractivity contribution in [3.05, 3.63) is 94.3 Å². The normalized spacial score (nSPS) is 26.1. The van der Waals surface area contributed by atoms with Gasteiger partial charge in [0.25, 0.3) is 15.9 Å². The van der Waals surface area contributed by atoms with Gasteiger partial charge in [-0.15, -0.1) is 0 Å². The number of carbonyl (C=O) groups is 1. The summed E-state index contributed by atoms with van der Waals surface area (Å²) in [5.41, 5.74) is 1.27. The van der Waals surface area contributed by atoms with Gasteiger partial charge in [0.1, 0.15) is 5.82 Å².